The molecule has 0 bridgehead atoms. The molecule has 0 spiro atoms. The Bertz CT molecular complexity index is 4030. The van der Waals surface area contributed by atoms with E-state index in [-0.39, 0.29) is 19.4 Å². The molecule has 57 atom stereocenters. The minimum Gasteiger partial charge on any atom is -0.410 e. The normalized spacial score (nSPS) is 47.3. The van der Waals surface area contributed by atoms with Crippen molar-refractivity contribution >= 4 is 36.6 Å². The van der Waals surface area contributed by atoms with Crippen molar-refractivity contribution in [2.45, 2.75) is 405 Å². The van der Waals surface area contributed by atoms with Crippen molar-refractivity contribution in [1.29, 1.82) is 0 Å². The molecule has 11 fully saturated rings. The van der Waals surface area contributed by atoms with Crippen LogP contribution in [0.3, 0.4) is 0 Å². The van der Waals surface area contributed by atoms with Gasteiger partial charge < -0.3 is 284 Å². The highest BCUT2D eigenvalue weighted by Crippen LogP contribution is 2.44. The van der Waals surface area contributed by atoms with Crippen LogP contribution < -0.4 is 21.3 Å². The number of aliphatic hydroxyl groups excluding tert-OH is 30. The fraction of sp³-hybridized carbons (Fsp3) is 0.928. The van der Waals surface area contributed by atoms with Crippen LogP contribution in [0.25, 0.3) is 0 Å². The van der Waals surface area contributed by atoms with Crippen LogP contribution in [0.1, 0.15) is 68.2 Å². The smallest absolute Gasteiger partial charge is 0.332 e. The molecule has 63 nitrogen and oxygen atoms in total. The first-order valence-electron chi connectivity index (χ1n) is 46.8. The molecular weight excluding hydrogens is 2000 g/mol. The van der Waals surface area contributed by atoms with Crippen molar-refractivity contribution in [2.24, 2.45) is 11.8 Å². The standard InChI is InChI=1S/C73H122N4O51.C10H18O8/c1-19-26(90)8-73(111-18-85,128-57(19)41(93)27(91)9-78)110-17-35-44(96)51(103)55(107)69(120-35)123-60-32(14-83)117-66(38(49(60)101)76-24(6)88)126-63-52(104)42(94)28(10-79)114-71(63)109-16-34-45(97)62(56(108)70(119-34)124-61-33(15-84)116-65(37(47(61)99)75-23(5)87)121-58-30(12-81)112-20(2)36(46(58)98)74-22(4)86)125-72-64(53(105)43(95)29(11-80)115-72)127-67-39(77-25(7)89)48(100)59(31(13-82)118-67)122-68-54(106)50(102)40(92)21(3)113-68;1-5-6(13)2-10(16,17-4-12)18-9(5)8(15)7(14)3-11/h18-21,26-72,78-84,90-108H,8-17H2,1-7H3,(H,74,86)(H,75,87)(H,76,88)(H,77,89);4-9,11,13-16H,2-3H2,1H3/t19-,20+,21?,26-,27-,28?,29?,30?,31?,32+,33?,34?,35?,36?,37?,38?,39?,40+,41-,42-,43-,44+,45-,46-,47-,48-,49?,50+,51+,52+,53?,54?,55?,56?,57?,58-,59-,60-,61-,62+,63?,64?,65+,66+,67+,68+,69+,70+,71+,72-,73+;5-,6-,7-,8-,9?,10+/m11/s1. The Balaban J connectivity index is 0.00000109. The van der Waals surface area contributed by atoms with Crippen LogP contribution in [0.4, 0.5) is 0 Å². The Labute approximate surface area is 829 Å². The summed E-state index contributed by atoms with van der Waals surface area (Å²) >= 11 is 0. The van der Waals surface area contributed by atoms with Gasteiger partial charge in [0.2, 0.25) is 23.6 Å². The second kappa shape index (κ2) is 53.8. The molecule has 0 saturated carbocycles. The van der Waals surface area contributed by atoms with Gasteiger partial charge in [0, 0.05) is 39.5 Å². The van der Waals surface area contributed by atoms with E-state index in [1.54, 1.807) is 0 Å². The lowest BCUT2D eigenvalue weighted by atomic mass is 9.87. The first-order valence-corrected chi connectivity index (χ1v) is 46.8. The second-order valence-corrected chi connectivity index (χ2v) is 37.3. The van der Waals surface area contributed by atoms with Crippen molar-refractivity contribution in [1.82, 2.24) is 21.3 Å². The van der Waals surface area contributed by atoms with Crippen LogP contribution in [0.5, 0.6) is 0 Å². The summed E-state index contributed by atoms with van der Waals surface area (Å²) in [6.45, 7) is -1.34. The maximum absolute atomic E-state index is 13.2. The van der Waals surface area contributed by atoms with Gasteiger partial charge in [-0.05, 0) is 13.8 Å². The number of amides is 4. The highest BCUT2D eigenvalue weighted by atomic mass is 16.9. The topological polar surface area (TPSA) is 981 Å². The minimum atomic E-state index is -2.66. The number of ether oxygens (including phenoxy) is 22. The minimum absolute atomic E-state index is 0.0470. The molecule has 11 heterocycles. The van der Waals surface area contributed by atoms with E-state index < -0.39 is 445 Å². The molecule has 0 radical (unpaired) electrons. The Morgan fingerprint density at radius 3 is 1.07 bits per heavy atom. The Kier molecular flexibility index (Phi) is 45.1. The first kappa shape index (κ1) is 123. The summed E-state index contributed by atoms with van der Waals surface area (Å²) < 4.78 is 129. The van der Waals surface area contributed by atoms with Gasteiger partial charge in [-0.3, -0.25) is 28.8 Å². The molecule has 846 valence electrons. The Morgan fingerprint density at radius 2 is 0.651 bits per heavy atom. The number of rotatable bonds is 40. The molecule has 63 heteroatoms. The van der Waals surface area contributed by atoms with Crippen molar-refractivity contribution in [3.63, 3.8) is 0 Å². The summed E-state index contributed by atoms with van der Waals surface area (Å²) in [7, 11) is 0. The predicted octanol–water partition coefficient (Wildman–Crippen LogP) is -22.3. The Hall–Kier alpha value is -5.22. The summed E-state index contributed by atoms with van der Waals surface area (Å²) in [5, 5.41) is 350. The molecular formula is C83H140N4O59. The molecule has 21 unspecified atom stereocenters. The highest BCUT2D eigenvalue weighted by Gasteiger charge is 2.63. The highest BCUT2D eigenvalue weighted by molar-refractivity contribution is 5.74. The average molecular weight is 2140 g/mol. The van der Waals surface area contributed by atoms with Gasteiger partial charge in [0.15, 0.2) is 50.3 Å². The fourth-order valence-corrected chi connectivity index (χ4v) is 18.7. The quantitative estimate of drug-likeness (QED) is 0.0200. The van der Waals surface area contributed by atoms with Crippen molar-refractivity contribution in [2.75, 3.05) is 66.1 Å². The van der Waals surface area contributed by atoms with Crippen LogP contribution in [0.15, 0.2) is 0 Å². The van der Waals surface area contributed by atoms with Crippen LogP contribution in [0, 0.1) is 11.8 Å². The number of hydrogen-bond acceptors (Lipinski definition) is 59. The van der Waals surface area contributed by atoms with E-state index in [4.69, 9.17) is 105 Å². The van der Waals surface area contributed by atoms with Gasteiger partial charge in [-0.2, -0.15) is 0 Å². The fourth-order valence-electron chi connectivity index (χ4n) is 18.7. The van der Waals surface area contributed by atoms with Crippen LogP contribution in [-0.4, -0.2) is 598 Å². The SMILES string of the molecule is CC(=O)NC1C(O)[C@H](O[C@@H]2OC(CO[C@]3(OC=O)C[C@@H](O)[C@@H](C)C([C@H](O)[C@H](O)CO)O3)[C@H](O)[C@H](O)C2O)[C@H](CO)O[C@H]1OC1[C@@H](OCC2O[C@@H](O[C@@H]3C(CO)O[C@@H](O[C@@H]4C(CO)O[C@@H](C)C(NC(C)=O)[C@H]4O)C(NC(C)=O)[C@H]3O)C(O)[C@@H](O[C@H]3OC(CO)[C@@H](O)C(O)C3O[C@@H]3OC(CO)[C@@H](O[C@@H]4OC(C)[C@H](O)[C@H](O)C4O)[C@H](O)C3NC(C)=O)[C@@H]2O)OC(CO)[C@@H](O)[C@@H]1O.C[C@H]1C([C@H](O)[C@H](O)CO)O[C@@](O)(OC=O)C[C@H]1O. The molecule has 0 aromatic carbocycles. The van der Waals surface area contributed by atoms with E-state index in [1.807, 2.05) is 0 Å². The zero-order valence-corrected chi connectivity index (χ0v) is 79.7. The molecule has 0 aromatic heterocycles. The number of hydrogen-bond donors (Lipinski definition) is 35. The maximum atomic E-state index is 13.2. The van der Waals surface area contributed by atoms with Gasteiger partial charge in [0.1, 0.15) is 232 Å². The van der Waals surface area contributed by atoms with E-state index >= 15 is 0 Å². The molecule has 0 aliphatic carbocycles. The lowest BCUT2D eigenvalue weighted by Gasteiger charge is -2.51. The molecule has 0 aromatic rings. The molecule has 11 aliphatic heterocycles. The number of carbonyl (C=O) groups excluding carboxylic acids is 6. The summed E-state index contributed by atoms with van der Waals surface area (Å²) in [4.78, 5) is 73.7. The molecule has 4 amide bonds. The number of nitrogens with one attached hydrogen (secondary N) is 4. The summed E-state index contributed by atoms with van der Waals surface area (Å²) in [5.74, 6) is -10.2. The van der Waals surface area contributed by atoms with Crippen LogP contribution in [-0.2, 0) is 133 Å². The zero-order valence-electron chi connectivity index (χ0n) is 79.7. The summed E-state index contributed by atoms with van der Waals surface area (Å²) in [6.07, 6.45) is -98.0. The van der Waals surface area contributed by atoms with Crippen molar-refractivity contribution in [3.05, 3.63) is 0 Å². The van der Waals surface area contributed by atoms with Crippen LogP contribution in [0.2, 0.25) is 0 Å². The predicted molar refractivity (Wildman–Crippen MR) is 454 cm³/mol. The third-order valence-electron chi connectivity index (χ3n) is 27.0. The largest absolute Gasteiger partial charge is 0.410 e. The number of carbonyl (C=O) groups is 6. The third kappa shape index (κ3) is 28.2. The molecule has 146 heavy (non-hydrogen) atoms. The van der Waals surface area contributed by atoms with Gasteiger partial charge in [0.25, 0.3) is 12.9 Å². The van der Waals surface area contributed by atoms with Gasteiger partial charge in [0.05, 0.1) is 122 Å². The second-order valence-electron chi connectivity index (χ2n) is 37.3. The van der Waals surface area contributed by atoms with Gasteiger partial charge in [-0.15, -0.1) is 0 Å². The maximum Gasteiger partial charge on any atom is 0.332 e. The van der Waals surface area contributed by atoms with E-state index in [0.29, 0.717) is 0 Å². The van der Waals surface area contributed by atoms with Crippen molar-refractivity contribution < 1.29 is 291 Å². The van der Waals surface area contributed by atoms with Crippen molar-refractivity contribution in [3.8, 4) is 0 Å². The van der Waals surface area contributed by atoms with E-state index in [2.05, 4.69) is 26.0 Å². The lowest BCUT2D eigenvalue weighted by Crippen LogP contribution is -2.71. The molecule has 11 rings (SSSR count). The average Bonchev–Trinajstić information content (AvgIpc) is 0.763. The monoisotopic (exact) mass is 2140 g/mol. The Morgan fingerprint density at radius 1 is 0.322 bits per heavy atom. The van der Waals surface area contributed by atoms with Gasteiger partial charge in [-0.25, -0.2) is 0 Å². The number of aliphatic hydroxyl groups is 31. The van der Waals surface area contributed by atoms with Gasteiger partial charge in [-0.1, -0.05) is 13.8 Å². The lowest BCUT2D eigenvalue weighted by molar-refractivity contribution is -0.424. The zero-order chi connectivity index (χ0) is 108. The third-order valence-corrected chi connectivity index (χ3v) is 27.0. The molecule has 11 saturated heterocycles. The first-order chi connectivity index (χ1) is 68.8. The van der Waals surface area contributed by atoms with Crippen LogP contribution >= 0.6 is 0 Å². The molecule has 35 N–H and O–H groups in total. The van der Waals surface area contributed by atoms with E-state index in [0.717, 1.165) is 27.7 Å². The summed E-state index contributed by atoms with van der Waals surface area (Å²) in [6, 6.07) is -7.06. The summed E-state index contributed by atoms with van der Waals surface area (Å²) in [5.41, 5.74) is 0. The van der Waals surface area contributed by atoms with E-state index in [1.165, 1.54) is 27.7 Å². The van der Waals surface area contributed by atoms with E-state index in [9.17, 15) is 182 Å². The molecule has 11 aliphatic rings. The van der Waals surface area contributed by atoms with Gasteiger partial charge >= 0.3 is 11.9 Å².